The van der Waals surface area contributed by atoms with Crippen molar-refractivity contribution in [3.8, 4) is 17.0 Å². The number of hydrogen-bond acceptors (Lipinski definition) is 4. The third-order valence-corrected chi connectivity index (χ3v) is 4.92. The lowest BCUT2D eigenvalue weighted by molar-refractivity contribution is -0.118. The Labute approximate surface area is 151 Å². The summed E-state index contributed by atoms with van der Waals surface area (Å²) in [4.78, 5) is 18.7. The van der Waals surface area contributed by atoms with Crippen molar-refractivity contribution in [3.05, 3.63) is 65.0 Å². The zero-order chi connectivity index (χ0) is 17.6. The summed E-state index contributed by atoms with van der Waals surface area (Å²) >= 11 is 1.59. The fraction of sp³-hybridized carbons (Fsp3) is 0.200. The topological polar surface area (TPSA) is 42.4 Å². The van der Waals surface area contributed by atoms with E-state index in [4.69, 9.17) is 4.74 Å². The molecule has 0 fully saturated rings. The lowest BCUT2D eigenvalue weighted by Crippen LogP contribution is -2.26. The smallest absolute Gasteiger partial charge is 0.227 e. The van der Waals surface area contributed by atoms with E-state index in [1.165, 1.54) is 0 Å². The predicted octanol–water partition coefficient (Wildman–Crippen LogP) is 4.41. The van der Waals surface area contributed by atoms with Crippen molar-refractivity contribution in [1.82, 2.24) is 4.98 Å². The van der Waals surface area contributed by atoms with Crippen LogP contribution in [0.15, 0.2) is 60.0 Å². The molecule has 3 rings (SSSR count). The van der Waals surface area contributed by atoms with E-state index in [2.05, 4.69) is 4.98 Å². The van der Waals surface area contributed by atoms with Gasteiger partial charge in [-0.2, -0.15) is 0 Å². The lowest BCUT2D eigenvalue weighted by atomic mass is 10.2. The summed E-state index contributed by atoms with van der Waals surface area (Å²) in [7, 11) is 3.46. The fourth-order valence-corrected chi connectivity index (χ4v) is 3.30. The average molecular weight is 352 g/mol. The van der Waals surface area contributed by atoms with Crippen LogP contribution in [0.5, 0.6) is 5.75 Å². The monoisotopic (exact) mass is 352 g/mol. The van der Waals surface area contributed by atoms with Crippen molar-refractivity contribution in [2.75, 3.05) is 19.1 Å². The molecule has 1 aromatic heterocycles. The van der Waals surface area contributed by atoms with Crippen LogP contribution in [0, 0.1) is 0 Å². The summed E-state index contributed by atoms with van der Waals surface area (Å²) in [5, 5.41) is 3.00. The van der Waals surface area contributed by atoms with Crippen molar-refractivity contribution in [2.24, 2.45) is 0 Å². The molecule has 0 aliphatic heterocycles. The van der Waals surface area contributed by atoms with E-state index in [1.54, 1.807) is 23.3 Å². The van der Waals surface area contributed by atoms with Gasteiger partial charge < -0.3 is 9.64 Å². The van der Waals surface area contributed by atoms with Crippen molar-refractivity contribution in [2.45, 2.75) is 12.8 Å². The molecule has 0 N–H and O–H groups in total. The molecule has 3 aromatic rings. The minimum Gasteiger partial charge on any atom is -0.497 e. The Bertz CT molecular complexity index is 828. The second-order valence-electron chi connectivity index (χ2n) is 5.64. The molecule has 128 valence electrons. The average Bonchev–Trinajstić information content (AvgIpc) is 3.15. The van der Waals surface area contributed by atoms with Gasteiger partial charge in [-0.25, -0.2) is 4.98 Å². The van der Waals surface area contributed by atoms with Gasteiger partial charge in [0, 0.05) is 36.5 Å². The number of hydrogen-bond donors (Lipinski definition) is 0. The molecule has 25 heavy (non-hydrogen) atoms. The number of aromatic nitrogens is 1. The van der Waals surface area contributed by atoms with Gasteiger partial charge in [-0.05, 0) is 36.4 Å². The Balaban J connectivity index is 1.60. The van der Waals surface area contributed by atoms with Gasteiger partial charge >= 0.3 is 0 Å². The molecule has 1 heterocycles. The highest BCUT2D eigenvalue weighted by Gasteiger charge is 2.12. The predicted molar refractivity (Wildman–Crippen MR) is 102 cm³/mol. The molecular weight excluding hydrogens is 332 g/mol. The normalized spacial score (nSPS) is 10.5. The third kappa shape index (κ3) is 4.25. The molecule has 0 aliphatic carbocycles. The highest BCUT2D eigenvalue weighted by Crippen LogP contribution is 2.25. The zero-order valence-electron chi connectivity index (χ0n) is 14.3. The Morgan fingerprint density at radius 3 is 2.52 bits per heavy atom. The van der Waals surface area contributed by atoms with Gasteiger partial charge in [0.05, 0.1) is 17.8 Å². The number of methoxy groups -OCH3 is 1. The first kappa shape index (κ1) is 17.2. The highest BCUT2D eigenvalue weighted by atomic mass is 32.1. The summed E-state index contributed by atoms with van der Waals surface area (Å²) < 4.78 is 5.17. The van der Waals surface area contributed by atoms with Crippen LogP contribution in [0.4, 0.5) is 5.69 Å². The van der Waals surface area contributed by atoms with E-state index in [0.29, 0.717) is 12.8 Å². The maximum Gasteiger partial charge on any atom is 0.227 e. The SMILES string of the molecule is COc1ccc(-c2csc(CCC(=O)N(C)c3ccccc3)n2)cc1. The van der Waals surface area contributed by atoms with Crippen LogP contribution in [-0.2, 0) is 11.2 Å². The minimum atomic E-state index is 0.0902. The number of rotatable bonds is 6. The largest absolute Gasteiger partial charge is 0.497 e. The Morgan fingerprint density at radius 1 is 1.12 bits per heavy atom. The van der Waals surface area contributed by atoms with Gasteiger partial charge in [-0.15, -0.1) is 11.3 Å². The quantitative estimate of drug-likeness (QED) is 0.660. The molecule has 0 aliphatic rings. The molecule has 0 unspecified atom stereocenters. The van der Waals surface area contributed by atoms with E-state index in [9.17, 15) is 4.79 Å². The molecule has 0 saturated heterocycles. The number of aryl methyl sites for hydroxylation is 1. The number of para-hydroxylation sites is 1. The van der Waals surface area contributed by atoms with Crippen LogP contribution in [0.2, 0.25) is 0 Å². The summed E-state index contributed by atoms with van der Waals surface area (Å²) in [6.45, 7) is 0. The van der Waals surface area contributed by atoms with Crippen LogP contribution in [0.3, 0.4) is 0 Å². The number of ether oxygens (including phenoxy) is 1. The van der Waals surface area contributed by atoms with Gasteiger partial charge in [0.1, 0.15) is 5.75 Å². The third-order valence-electron chi connectivity index (χ3n) is 4.01. The molecule has 5 heteroatoms. The van der Waals surface area contributed by atoms with Crippen molar-refractivity contribution < 1.29 is 9.53 Å². The standard InChI is InChI=1S/C20H20N2O2S/c1-22(16-6-4-3-5-7-16)20(23)13-12-19-21-18(14-25-19)15-8-10-17(24-2)11-9-15/h3-11,14H,12-13H2,1-2H3. The maximum atomic E-state index is 12.4. The molecule has 0 spiro atoms. The molecule has 0 radical (unpaired) electrons. The maximum absolute atomic E-state index is 12.4. The number of anilines is 1. The summed E-state index contributed by atoms with van der Waals surface area (Å²) in [5.74, 6) is 0.918. The van der Waals surface area contributed by atoms with Gasteiger partial charge in [0.25, 0.3) is 0 Å². The molecule has 1 amide bonds. The molecule has 0 atom stereocenters. The van der Waals surface area contributed by atoms with Crippen molar-refractivity contribution in [3.63, 3.8) is 0 Å². The zero-order valence-corrected chi connectivity index (χ0v) is 15.1. The summed E-state index contributed by atoms with van der Waals surface area (Å²) in [6.07, 6.45) is 1.10. The molecule has 2 aromatic carbocycles. The van der Waals surface area contributed by atoms with E-state index in [1.807, 2.05) is 67.0 Å². The molecule has 4 nitrogen and oxygen atoms in total. The summed E-state index contributed by atoms with van der Waals surface area (Å²) in [5.41, 5.74) is 2.90. The number of amides is 1. The first-order chi connectivity index (χ1) is 12.2. The Hall–Kier alpha value is -2.66. The van der Waals surface area contributed by atoms with Gasteiger partial charge in [-0.1, -0.05) is 18.2 Å². The van der Waals surface area contributed by atoms with Crippen LogP contribution >= 0.6 is 11.3 Å². The second-order valence-corrected chi connectivity index (χ2v) is 6.59. The Kier molecular flexibility index (Phi) is 5.46. The van der Waals surface area contributed by atoms with Crippen molar-refractivity contribution in [1.29, 1.82) is 0 Å². The molecule has 0 bridgehead atoms. The summed E-state index contributed by atoms with van der Waals surface area (Å²) in [6, 6.07) is 17.5. The minimum absolute atomic E-state index is 0.0902. The number of nitrogens with zero attached hydrogens (tertiary/aromatic N) is 2. The van der Waals surface area contributed by atoms with E-state index >= 15 is 0 Å². The van der Waals surface area contributed by atoms with E-state index in [-0.39, 0.29) is 5.91 Å². The van der Waals surface area contributed by atoms with Crippen LogP contribution in [0.1, 0.15) is 11.4 Å². The number of benzene rings is 2. The van der Waals surface area contributed by atoms with E-state index < -0.39 is 0 Å². The van der Waals surface area contributed by atoms with Gasteiger partial charge in [0.2, 0.25) is 5.91 Å². The molecule has 0 saturated carbocycles. The number of carbonyl (C=O) groups is 1. The van der Waals surface area contributed by atoms with E-state index in [0.717, 1.165) is 27.7 Å². The van der Waals surface area contributed by atoms with Gasteiger partial charge in [-0.3, -0.25) is 4.79 Å². The lowest BCUT2D eigenvalue weighted by Gasteiger charge is -2.16. The van der Waals surface area contributed by atoms with Crippen LogP contribution in [0.25, 0.3) is 11.3 Å². The van der Waals surface area contributed by atoms with Crippen LogP contribution < -0.4 is 9.64 Å². The number of thiazole rings is 1. The first-order valence-corrected chi connectivity index (χ1v) is 8.96. The van der Waals surface area contributed by atoms with Crippen LogP contribution in [-0.4, -0.2) is 25.0 Å². The first-order valence-electron chi connectivity index (χ1n) is 8.08. The van der Waals surface area contributed by atoms with Crippen molar-refractivity contribution >= 4 is 22.9 Å². The fourth-order valence-electron chi connectivity index (χ4n) is 2.50. The molecular formula is C20H20N2O2S. The Morgan fingerprint density at radius 2 is 1.84 bits per heavy atom. The second kappa shape index (κ2) is 7.94. The van der Waals surface area contributed by atoms with Gasteiger partial charge in [0.15, 0.2) is 0 Å². The number of carbonyl (C=O) groups excluding carboxylic acids is 1. The highest BCUT2D eigenvalue weighted by molar-refractivity contribution is 7.09.